The number of amides is 1. The van der Waals surface area contributed by atoms with Crippen LogP contribution in [0, 0.1) is 0 Å². The lowest BCUT2D eigenvalue weighted by molar-refractivity contribution is 0.0943. The van der Waals surface area contributed by atoms with Gasteiger partial charge in [0.2, 0.25) is 5.82 Å². The van der Waals surface area contributed by atoms with E-state index in [1.54, 1.807) is 7.11 Å². The average Bonchev–Trinajstić information content (AvgIpc) is 2.90. The topological polar surface area (TPSA) is 115 Å². The second-order valence-electron chi connectivity index (χ2n) is 8.87. The zero-order valence-electron chi connectivity index (χ0n) is 20.5. The van der Waals surface area contributed by atoms with Gasteiger partial charge in [0.25, 0.3) is 5.91 Å². The van der Waals surface area contributed by atoms with Crippen LogP contribution in [0.15, 0.2) is 53.5 Å². The van der Waals surface area contributed by atoms with Crippen molar-refractivity contribution in [2.75, 3.05) is 19.0 Å². The van der Waals surface area contributed by atoms with E-state index in [-0.39, 0.29) is 23.8 Å². The third kappa shape index (κ3) is 6.07. The molecule has 1 saturated carbocycles. The third-order valence-corrected chi connectivity index (χ3v) is 6.35. The van der Waals surface area contributed by atoms with E-state index in [1.807, 2.05) is 48.5 Å². The molecular formula is C27H34N6O2. The van der Waals surface area contributed by atoms with E-state index in [2.05, 4.69) is 27.5 Å². The fourth-order valence-electron chi connectivity index (χ4n) is 4.38. The molecule has 0 radical (unpaired) electrons. The first kappa shape index (κ1) is 24.4. The number of benzene rings is 2. The molecule has 0 aliphatic heterocycles. The van der Waals surface area contributed by atoms with E-state index in [0.29, 0.717) is 29.5 Å². The van der Waals surface area contributed by atoms with E-state index in [4.69, 9.17) is 15.5 Å². The molecule has 1 heterocycles. The summed E-state index contributed by atoms with van der Waals surface area (Å²) in [5.74, 6) is 1.73. The van der Waals surface area contributed by atoms with E-state index in [1.165, 1.54) is 0 Å². The number of aliphatic imine (C=N–C) groups is 1. The number of nitrogens with one attached hydrogen (secondary N) is 2. The van der Waals surface area contributed by atoms with Crippen molar-refractivity contribution in [3.05, 3.63) is 59.9 Å². The number of amidine groups is 1. The lowest BCUT2D eigenvalue weighted by atomic mass is 9.90. The summed E-state index contributed by atoms with van der Waals surface area (Å²) in [6, 6.07) is 15.5. The smallest absolute Gasteiger partial charge is 0.289 e. The lowest BCUT2D eigenvalue weighted by Gasteiger charge is -2.30. The van der Waals surface area contributed by atoms with Crippen LogP contribution in [0.25, 0.3) is 10.9 Å². The summed E-state index contributed by atoms with van der Waals surface area (Å²) in [7, 11) is 1.63. The van der Waals surface area contributed by atoms with Crippen molar-refractivity contribution in [1.82, 2.24) is 15.3 Å². The molecular weight excluding hydrogens is 440 g/mol. The monoisotopic (exact) mass is 474 g/mol. The van der Waals surface area contributed by atoms with Crippen LogP contribution < -0.4 is 21.1 Å². The number of ether oxygens (including phenoxy) is 1. The molecule has 0 unspecified atom stereocenters. The standard InChI is InChI=1S/C27H34N6O2/c1-3-4-16-29-27(34)26-31-21-15-14-19(35-2)17-20(21)25(33-26)32-23-13-9-8-12-22(23)30-24(28)18-10-6-5-7-11-18/h5-7,10-11,14-15,17,22-23H,3-4,8-9,12-13,16H2,1-2H3,(H2,28,30)(H,29,34)(H,31,32,33)/t22-,23+/m1/s1. The van der Waals surface area contributed by atoms with Crippen molar-refractivity contribution >= 4 is 28.5 Å². The summed E-state index contributed by atoms with van der Waals surface area (Å²) < 4.78 is 5.43. The third-order valence-electron chi connectivity index (χ3n) is 6.35. The Kier molecular flexibility index (Phi) is 8.13. The number of carbonyl (C=O) groups excluding carboxylic acids is 1. The number of rotatable bonds is 9. The van der Waals surface area contributed by atoms with Gasteiger partial charge in [-0.2, -0.15) is 0 Å². The predicted molar refractivity (Wildman–Crippen MR) is 140 cm³/mol. The number of methoxy groups -OCH3 is 1. The molecule has 0 spiro atoms. The molecule has 0 bridgehead atoms. The van der Waals surface area contributed by atoms with Gasteiger partial charge in [0.15, 0.2) is 0 Å². The van der Waals surface area contributed by atoms with Gasteiger partial charge in [0, 0.05) is 23.5 Å². The van der Waals surface area contributed by atoms with Gasteiger partial charge in [-0.25, -0.2) is 9.97 Å². The number of nitrogens with two attached hydrogens (primary N) is 1. The molecule has 1 aliphatic carbocycles. The summed E-state index contributed by atoms with van der Waals surface area (Å²) in [6.07, 6.45) is 5.96. The number of nitrogens with zero attached hydrogens (tertiary/aromatic N) is 3. The predicted octanol–water partition coefficient (Wildman–Crippen LogP) is 4.30. The summed E-state index contributed by atoms with van der Waals surface area (Å²) >= 11 is 0. The van der Waals surface area contributed by atoms with Crippen molar-refractivity contribution in [1.29, 1.82) is 0 Å². The number of carbonyl (C=O) groups is 1. The highest BCUT2D eigenvalue weighted by Gasteiger charge is 2.27. The molecule has 1 aromatic heterocycles. The largest absolute Gasteiger partial charge is 0.497 e. The van der Waals surface area contributed by atoms with Crippen molar-refractivity contribution in [2.45, 2.75) is 57.5 Å². The molecule has 35 heavy (non-hydrogen) atoms. The Bertz CT molecular complexity index is 1180. The second-order valence-corrected chi connectivity index (χ2v) is 8.87. The zero-order chi connectivity index (χ0) is 24.6. The minimum Gasteiger partial charge on any atom is -0.497 e. The first-order valence-electron chi connectivity index (χ1n) is 12.4. The number of hydrogen-bond donors (Lipinski definition) is 3. The fourth-order valence-corrected chi connectivity index (χ4v) is 4.38. The molecule has 1 aliphatic rings. The van der Waals surface area contributed by atoms with Crippen molar-refractivity contribution in [3.63, 3.8) is 0 Å². The van der Waals surface area contributed by atoms with E-state index in [9.17, 15) is 4.79 Å². The van der Waals surface area contributed by atoms with Crippen LogP contribution in [0.3, 0.4) is 0 Å². The summed E-state index contributed by atoms with van der Waals surface area (Å²) in [4.78, 5) is 26.8. The average molecular weight is 475 g/mol. The Labute approximate surface area is 206 Å². The highest BCUT2D eigenvalue weighted by molar-refractivity contribution is 5.98. The van der Waals surface area contributed by atoms with Crippen molar-refractivity contribution < 1.29 is 9.53 Å². The van der Waals surface area contributed by atoms with Crippen LogP contribution in [0.5, 0.6) is 5.75 Å². The molecule has 2 atom stereocenters. The van der Waals surface area contributed by atoms with Crippen LogP contribution in [-0.4, -0.2) is 47.4 Å². The highest BCUT2D eigenvalue weighted by atomic mass is 16.5. The van der Waals surface area contributed by atoms with Gasteiger partial charge in [-0.1, -0.05) is 56.5 Å². The number of anilines is 1. The molecule has 184 valence electrons. The Morgan fingerprint density at radius 1 is 1.14 bits per heavy atom. The first-order chi connectivity index (χ1) is 17.1. The maximum absolute atomic E-state index is 12.8. The molecule has 8 heteroatoms. The molecule has 1 amide bonds. The van der Waals surface area contributed by atoms with Crippen molar-refractivity contribution in [2.24, 2.45) is 10.7 Å². The van der Waals surface area contributed by atoms with Gasteiger partial charge in [-0.3, -0.25) is 9.79 Å². The van der Waals surface area contributed by atoms with E-state index in [0.717, 1.165) is 49.5 Å². The number of unbranched alkanes of at least 4 members (excludes halogenated alkanes) is 1. The van der Waals surface area contributed by atoms with Crippen LogP contribution in [-0.2, 0) is 0 Å². The van der Waals surface area contributed by atoms with Crippen LogP contribution >= 0.6 is 0 Å². The lowest BCUT2D eigenvalue weighted by Crippen LogP contribution is -2.37. The Morgan fingerprint density at radius 2 is 1.94 bits per heavy atom. The summed E-state index contributed by atoms with van der Waals surface area (Å²) in [6.45, 7) is 2.68. The van der Waals surface area contributed by atoms with Crippen LogP contribution in [0.1, 0.15) is 61.6 Å². The molecule has 2 aromatic carbocycles. The molecule has 4 N–H and O–H groups in total. The van der Waals surface area contributed by atoms with Gasteiger partial charge in [0.1, 0.15) is 17.4 Å². The van der Waals surface area contributed by atoms with Gasteiger partial charge >= 0.3 is 0 Å². The second kappa shape index (κ2) is 11.6. The first-order valence-corrected chi connectivity index (χ1v) is 12.4. The normalized spacial score (nSPS) is 18.3. The Morgan fingerprint density at radius 3 is 2.71 bits per heavy atom. The molecule has 1 fully saturated rings. The van der Waals surface area contributed by atoms with Gasteiger partial charge < -0.3 is 21.1 Å². The minimum absolute atomic E-state index is 0.00131. The fraction of sp³-hybridized carbons (Fsp3) is 0.407. The number of aromatic nitrogens is 2. The van der Waals surface area contributed by atoms with E-state index >= 15 is 0 Å². The number of hydrogen-bond acceptors (Lipinski definition) is 6. The van der Waals surface area contributed by atoms with Crippen LogP contribution in [0.4, 0.5) is 5.82 Å². The maximum atomic E-state index is 12.8. The van der Waals surface area contributed by atoms with Crippen LogP contribution in [0.2, 0.25) is 0 Å². The Balaban J connectivity index is 1.66. The quantitative estimate of drug-likeness (QED) is 0.242. The van der Waals surface area contributed by atoms with Gasteiger partial charge in [-0.05, 0) is 37.5 Å². The Hall–Kier alpha value is -3.68. The highest BCUT2D eigenvalue weighted by Crippen LogP contribution is 2.29. The zero-order valence-corrected chi connectivity index (χ0v) is 20.5. The number of fused-ring (bicyclic) bond motifs is 1. The van der Waals surface area contributed by atoms with E-state index < -0.39 is 0 Å². The molecule has 0 saturated heterocycles. The summed E-state index contributed by atoms with van der Waals surface area (Å²) in [5, 5.41) is 7.32. The van der Waals surface area contributed by atoms with Gasteiger partial charge in [-0.15, -0.1) is 0 Å². The molecule has 3 aromatic rings. The van der Waals surface area contributed by atoms with Crippen molar-refractivity contribution in [3.8, 4) is 5.75 Å². The summed E-state index contributed by atoms with van der Waals surface area (Å²) in [5.41, 5.74) is 7.96. The maximum Gasteiger partial charge on any atom is 0.289 e. The minimum atomic E-state index is -0.272. The molecule has 4 rings (SSSR count). The van der Waals surface area contributed by atoms with Gasteiger partial charge in [0.05, 0.1) is 18.7 Å². The SMILES string of the molecule is CCCCNC(=O)c1nc(N[C@H]2CCCC[C@H]2N=C(N)c2ccccc2)c2cc(OC)ccc2n1. The molecule has 8 nitrogen and oxygen atoms in total.